The molecule has 3 N–H and O–H groups in total. The summed E-state index contributed by atoms with van der Waals surface area (Å²) in [4.78, 5) is 27.9. The van der Waals surface area contributed by atoms with Gasteiger partial charge in [0.05, 0.1) is 19.6 Å². The number of primary amides is 1. The lowest BCUT2D eigenvalue weighted by Crippen LogP contribution is -2.35. The number of hydrogen-bond acceptors (Lipinski definition) is 7. The normalized spacial score (nSPS) is 11.5. The van der Waals surface area contributed by atoms with E-state index < -0.39 is 18.0 Å². The lowest BCUT2D eigenvalue weighted by molar-refractivity contribution is -0.146. The minimum atomic E-state index is -0.726. The number of aromatic nitrogens is 2. The van der Waals surface area contributed by atoms with Gasteiger partial charge in [-0.3, -0.25) is 4.79 Å². The van der Waals surface area contributed by atoms with Crippen LogP contribution in [0.1, 0.15) is 29.5 Å². The number of nitrogens with two attached hydrogens (primary N) is 1. The van der Waals surface area contributed by atoms with Crippen molar-refractivity contribution in [1.29, 1.82) is 0 Å². The second-order valence-electron chi connectivity index (χ2n) is 6.53. The van der Waals surface area contributed by atoms with Crippen molar-refractivity contribution in [2.24, 2.45) is 5.73 Å². The third kappa shape index (κ3) is 5.34. The first-order valence-corrected chi connectivity index (χ1v) is 9.20. The molecule has 0 radical (unpaired) electrons. The molecule has 0 fully saturated rings. The first kappa shape index (κ1) is 20.8. The van der Waals surface area contributed by atoms with E-state index >= 15 is 0 Å². The molecule has 1 aromatic heterocycles. The summed E-state index contributed by atoms with van der Waals surface area (Å²) in [6.45, 7) is 1.70. The molecule has 3 aromatic rings. The summed E-state index contributed by atoms with van der Waals surface area (Å²) in [5.74, 6) is 0.622. The standard InChI is InChI=1S/C21H22N4O5/c1-13-6-3-4-9-16(13)17(23-21(22)27)11-19(26)29-12-18-24-20(25-30-18)14-7-5-8-15(10-14)28-2/h3-10,17H,11-12H2,1-2H3,(H3,22,23,27). The quantitative estimate of drug-likeness (QED) is 0.546. The number of carbonyl (C=O) groups is 2. The fourth-order valence-corrected chi connectivity index (χ4v) is 2.95. The number of nitrogens with one attached hydrogen (secondary N) is 1. The molecule has 0 aliphatic carbocycles. The lowest BCUT2D eigenvalue weighted by atomic mass is 9.99. The first-order chi connectivity index (χ1) is 14.5. The Labute approximate surface area is 173 Å². The molecule has 3 rings (SSSR count). The highest BCUT2D eigenvalue weighted by atomic mass is 16.6. The van der Waals surface area contributed by atoms with Crippen LogP contribution in [0, 0.1) is 6.92 Å². The van der Waals surface area contributed by atoms with Gasteiger partial charge in [-0.25, -0.2) is 4.79 Å². The molecule has 0 spiro atoms. The van der Waals surface area contributed by atoms with E-state index in [0.717, 1.165) is 11.1 Å². The van der Waals surface area contributed by atoms with Gasteiger partial charge in [0.25, 0.3) is 5.89 Å². The van der Waals surface area contributed by atoms with E-state index in [2.05, 4.69) is 15.5 Å². The van der Waals surface area contributed by atoms with Gasteiger partial charge >= 0.3 is 12.0 Å². The lowest BCUT2D eigenvalue weighted by Gasteiger charge is -2.19. The summed E-state index contributed by atoms with van der Waals surface area (Å²) in [5, 5.41) is 6.47. The number of urea groups is 1. The highest BCUT2D eigenvalue weighted by molar-refractivity contribution is 5.75. The molecule has 9 nitrogen and oxygen atoms in total. The van der Waals surface area contributed by atoms with Crippen molar-refractivity contribution in [3.63, 3.8) is 0 Å². The molecule has 2 aromatic carbocycles. The number of aryl methyl sites for hydroxylation is 1. The van der Waals surface area contributed by atoms with E-state index in [1.165, 1.54) is 0 Å². The Morgan fingerprint density at radius 2 is 2.00 bits per heavy atom. The van der Waals surface area contributed by atoms with Crippen LogP contribution in [0.3, 0.4) is 0 Å². The van der Waals surface area contributed by atoms with E-state index in [-0.39, 0.29) is 18.9 Å². The summed E-state index contributed by atoms with van der Waals surface area (Å²) in [7, 11) is 1.57. The van der Waals surface area contributed by atoms with Gasteiger partial charge < -0.3 is 25.0 Å². The van der Waals surface area contributed by atoms with Crippen molar-refractivity contribution in [2.75, 3.05) is 7.11 Å². The van der Waals surface area contributed by atoms with Crippen molar-refractivity contribution in [3.05, 3.63) is 65.5 Å². The van der Waals surface area contributed by atoms with Gasteiger partial charge in [-0.15, -0.1) is 0 Å². The van der Waals surface area contributed by atoms with E-state index in [4.69, 9.17) is 19.7 Å². The summed E-state index contributed by atoms with van der Waals surface area (Å²) in [6, 6.07) is 13.3. The van der Waals surface area contributed by atoms with Crippen LogP contribution in [0.15, 0.2) is 53.1 Å². The number of nitrogens with zero attached hydrogens (tertiary/aromatic N) is 2. The van der Waals surface area contributed by atoms with Crippen LogP contribution < -0.4 is 15.8 Å². The minimum Gasteiger partial charge on any atom is -0.497 e. The van der Waals surface area contributed by atoms with Crippen LogP contribution >= 0.6 is 0 Å². The van der Waals surface area contributed by atoms with Crippen LogP contribution in [0.5, 0.6) is 5.75 Å². The smallest absolute Gasteiger partial charge is 0.312 e. The molecule has 1 atom stereocenters. The minimum absolute atomic E-state index is 0.0926. The largest absolute Gasteiger partial charge is 0.497 e. The van der Waals surface area contributed by atoms with Crippen LogP contribution in [0.2, 0.25) is 0 Å². The van der Waals surface area contributed by atoms with Gasteiger partial charge in [0.1, 0.15) is 5.75 Å². The van der Waals surface area contributed by atoms with Gasteiger partial charge in [0.15, 0.2) is 6.61 Å². The molecule has 0 aliphatic heterocycles. The van der Waals surface area contributed by atoms with Crippen molar-refractivity contribution >= 4 is 12.0 Å². The zero-order valence-electron chi connectivity index (χ0n) is 16.6. The molecule has 0 aliphatic rings. The highest BCUT2D eigenvalue weighted by Crippen LogP contribution is 2.23. The maximum Gasteiger partial charge on any atom is 0.312 e. The monoisotopic (exact) mass is 410 g/mol. The van der Waals surface area contributed by atoms with E-state index in [1.807, 2.05) is 43.3 Å². The molecular formula is C21H22N4O5. The maximum atomic E-state index is 12.3. The molecule has 1 heterocycles. The molecule has 1 unspecified atom stereocenters. The second-order valence-corrected chi connectivity index (χ2v) is 6.53. The van der Waals surface area contributed by atoms with Crippen molar-refractivity contribution in [2.45, 2.75) is 26.0 Å². The predicted octanol–water partition coefficient (Wildman–Crippen LogP) is 2.90. The molecule has 0 saturated heterocycles. The van der Waals surface area contributed by atoms with E-state index in [1.54, 1.807) is 19.2 Å². The Hall–Kier alpha value is -3.88. The molecule has 156 valence electrons. The number of hydrogen-bond donors (Lipinski definition) is 2. The molecule has 0 bridgehead atoms. The van der Waals surface area contributed by atoms with Crippen LogP contribution in [-0.4, -0.2) is 29.3 Å². The number of esters is 1. The average molecular weight is 410 g/mol. The topological polar surface area (TPSA) is 130 Å². The Balaban J connectivity index is 1.62. The van der Waals surface area contributed by atoms with Crippen molar-refractivity contribution < 1.29 is 23.6 Å². The highest BCUT2D eigenvalue weighted by Gasteiger charge is 2.20. The zero-order valence-corrected chi connectivity index (χ0v) is 16.6. The van der Waals surface area contributed by atoms with Gasteiger partial charge in [0.2, 0.25) is 5.82 Å². The fourth-order valence-electron chi connectivity index (χ4n) is 2.95. The van der Waals surface area contributed by atoms with Crippen molar-refractivity contribution in [1.82, 2.24) is 15.5 Å². The zero-order chi connectivity index (χ0) is 21.5. The third-order valence-electron chi connectivity index (χ3n) is 4.40. The summed E-state index contributed by atoms with van der Waals surface area (Å²) >= 11 is 0. The predicted molar refractivity (Wildman–Crippen MR) is 107 cm³/mol. The summed E-state index contributed by atoms with van der Waals surface area (Å²) in [5.41, 5.74) is 7.67. The average Bonchev–Trinajstić information content (AvgIpc) is 3.21. The van der Waals surface area contributed by atoms with E-state index in [0.29, 0.717) is 17.1 Å². The van der Waals surface area contributed by atoms with Crippen molar-refractivity contribution in [3.8, 4) is 17.1 Å². The number of amides is 2. The second kappa shape index (κ2) is 9.55. The molecular weight excluding hydrogens is 388 g/mol. The molecule has 2 amide bonds. The molecule has 0 saturated carbocycles. The number of benzene rings is 2. The van der Waals surface area contributed by atoms with Gasteiger partial charge in [-0.1, -0.05) is 41.6 Å². The maximum absolute atomic E-state index is 12.3. The first-order valence-electron chi connectivity index (χ1n) is 9.20. The van der Waals surface area contributed by atoms with Crippen LogP contribution in [0.25, 0.3) is 11.4 Å². The number of carbonyl (C=O) groups excluding carboxylic acids is 2. The Morgan fingerprint density at radius 3 is 2.73 bits per heavy atom. The Morgan fingerprint density at radius 1 is 1.20 bits per heavy atom. The SMILES string of the molecule is COc1cccc(-c2noc(COC(=O)CC(NC(N)=O)c3ccccc3C)n2)c1. The van der Waals surface area contributed by atoms with Gasteiger partial charge in [-0.2, -0.15) is 4.98 Å². The number of methoxy groups -OCH3 is 1. The van der Waals surface area contributed by atoms with Gasteiger partial charge in [0, 0.05) is 5.56 Å². The Bertz CT molecular complexity index is 1030. The van der Waals surface area contributed by atoms with Crippen LogP contribution in [0.4, 0.5) is 4.79 Å². The Kier molecular flexibility index (Phi) is 6.63. The molecule has 9 heteroatoms. The number of ether oxygens (including phenoxy) is 2. The number of rotatable bonds is 8. The molecule has 30 heavy (non-hydrogen) atoms. The summed E-state index contributed by atoms with van der Waals surface area (Å²) in [6.07, 6.45) is -0.0926. The van der Waals surface area contributed by atoms with Crippen LogP contribution in [-0.2, 0) is 16.1 Å². The van der Waals surface area contributed by atoms with Gasteiger partial charge in [-0.05, 0) is 30.2 Å². The third-order valence-corrected chi connectivity index (χ3v) is 4.40. The fraction of sp³-hybridized carbons (Fsp3) is 0.238. The summed E-state index contributed by atoms with van der Waals surface area (Å²) < 4.78 is 15.6. The van der Waals surface area contributed by atoms with E-state index in [9.17, 15) is 9.59 Å².